The second-order valence-electron chi connectivity index (χ2n) is 7.45. The van der Waals surface area contributed by atoms with E-state index >= 15 is 0 Å². The highest BCUT2D eigenvalue weighted by molar-refractivity contribution is 7.99. The largest absolute Gasteiger partial charge is 0.465 e. The van der Waals surface area contributed by atoms with Gasteiger partial charge in [0.15, 0.2) is 0 Å². The zero-order chi connectivity index (χ0) is 22.1. The number of aryl methyl sites for hydroxylation is 1. The third-order valence-corrected chi connectivity index (χ3v) is 6.51. The normalized spacial score (nSPS) is 12.4. The van der Waals surface area contributed by atoms with Crippen molar-refractivity contribution in [1.82, 2.24) is 5.32 Å². The molecule has 0 atom stereocenters. The standard InChI is InChI=1S/C26H19ClN2O2S/c1-16-9-11-20(31-16)15-28-26(30)18-10-12-24-22(14-18)29-25(17-5-4-6-19(27)13-17)21-7-2-3-8-23(21)32-24/h2-14H,15H2,1H3,(H,28,30). The van der Waals surface area contributed by atoms with Crippen LogP contribution in [0.25, 0.3) is 0 Å². The summed E-state index contributed by atoms with van der Waals surface area (Å²) in [4.78, 5) is 19.9. The van der Waals surface area contributed by atoms with Crippen LogP contribution in [0.1, 0.15) is 33.0 Å². The Balaban J connectivity index is 1.52. The van der Waals surface area contributed by atoms with Crippen molar-refractivity contribution in [2.45, 2.75) is 23.3 Å². The van der Waals surface area contributed by atoms with E-state index in [2.05, 4.69) is 17.4 Å². The van der Waals surface area contributed by atoms with Crippen LogP contribution in [-0.2, 0) is 6.54 Å². The number of halogens is 1. The molecule has 1 amide bonds. The molecule has 0 aliphatic carbocycles. The number of amides is 1. The molecule has 0 fully saturated rings. The maximum Gasteiger partial charge on any atom is 0.251 e. The molecule has 5 rings (SSSR count). The number of fused-ring (bicyclic) bond motifs is 2. The van der Waals surface area contributed by atoms with Crippen molar-refractivity contribution in [2.75, 3.05) is 0 Å². The van der Waals surface area contributed by atoms with Crippen molar-refractivity contribution in [1.29, 1.82) is 0 Å². The molecule has 6 heteroatoms. The van der Waals surface area contributed by atoms with Crippen molar-refractivity contribution in [3.63, 3.8) is 0 Å². The topological polar surface area (TPSA) is 54.6 Å². The molecule has 0 radical (unpaired) electrons. The highest BCUT2D eigenvalue weighted by Crippen LogP contribution is 2.41. The molecule has 0 spiro atoms. The number of carbonyl (C=O) groups is 1. The number of hydrogen-bond acceptors (Lipinski definition) is 4. The van der Waals surface area contributed by atoms with Gasteiger partial charge in [-0.2, -0.15) is 0 Å². The number of benzene rings is 3. The Labute approximate surface area is 195 Å². The smallest absolute Gasteiger partial charge is 0.251 e. The Morgan fingerprint density at radius 2 is 1.88 bits per heavy atom. The predicted octanol–water partition coefficient (Wildman–Crippen LogP) is 6.81. The molecule has 4 nitrogen and oxygen atoms in total. The van der Waals surface area contributed by atoms with Crippen LogP contribution in [0, 0.1) is 6.92 Å². The maximum atomic E-state index is 12.8. The highest BCUT2D eigenvalue weighted by Gasteiger charge is 2.20. The van der Waals surface area contributed by atoms with E-state index < -0.39 is 0 Å². The fourth-order valence-electron chi connectivity index (χ4n) is 3.59. The van der Waals surface area contributed by atoms with Gasteiger partial charge in [0.25, 0.3) is 5.91 Å². The first kappa shape index (κ1) is 20.6. The molecule has 0 unspecified atom stereocenters. The summed E-state index contributed by atoms with van der Waals surface area (Å²) in [6.07, 6.45) is 0. The molecular formula is C26H19ClN2O2S. The molecule has 1 aliphatic heterocycles. The molecule has 3 aromatic carbocycles. The molecule has 4 aromatic rings. The van der Waals surface area contributed by atoms with Gasteiger partial charge in [-0.15, -0.1) is 0 Å². The molecule has 1 N–H and O–H groups in total. The minimum Gasteiger partial charge on any atom is -0.465 e. The number of nitrogens with one attached hydrogen (secondary N) is 1. The predicted molar refractivity (Wildman–Crippen MR) is 128 cm³/mol. The van der Waals surface area contributed by atoms with Crippen LogP contribution in [0.2, 0.25) is 5.02 Å². The fourth-order valence-corrected chi connectivity index (χ4v) is 4.78. The van der Waals surface area contributed by atoms with Gasteiger partial charge >= 0.3 is 0 Å². The lowest BCUT2D eigenvalue weighted by Crippen LogP contribution is -2.22. The minimum absolute atomic E-state index is 0.173. The molecule has 1 aromatic heterocycles. The third-order valence-electron chi connectivity index (χ3n) is 5.13. The SMILES string of the molecule is Cc1ccc(CNC(=O)c2ccc3c(c2)N=C(c2cccc(Cl)c2)c2ccccc2S3)o1. The van der Waals surface area contributed by atoms with Gasteiger partial charge < -0.3 is 9.73 Å². The van der Waals surface area contributed by atoms with Crippen LogP contribution in [0.3, 0.4) is 0 Å². The summed E-state index contributed by atoms with van der Waals surface area (Å²) >= 11 is 7.91. The number of aliphatic imine (C=N–C) groups is 1. The second kappa shape index (κ2) is 8.69. The van der Waals surface area contributed by atoms with Crippen molar-refractivity contribution >= 4 is 40.7 Å². The van der Waals surface area contributed by atoms with E-state index in [1.165, 1.54) is 0 Å². The summed E-state index contributed by atoms with van der Waals surface area (Å²) in [7, 11) is 0. The van der Waals surface area contributed by atoms with Crippen molar-refractivity contribution < 1.29 is 9.21 Å². The zero-order valence-electron chi connectivity index (χ0n) is 17.3. The quantitative estimate of drug-likeness (QED) is 0.322. The summed E-state index contributed by atoms with van der Waals surface area (Å²) in [5.41, 5.74) is 4.10. The zero-order valence-corrected chi connectivity index (χ0v) is 18.8. The first-order chi connectivity index (χ1) is 15.6. The minimum atomic E-state index is -0.173. The average Bonchev–Trinajstić information content (AvgIpc) is 3.14. The van der Waals surface area contributed by atoms with E-state index in [0.29, 0.717) is 17.1 Å². The number of furan rings is 1. The van der Waals surface area contributed by atoms with Crippen molar-refractivity contribution in [3.05, 3.63) is 112 Å². The first-order valence-electron chi connectivity index (χ1n) is 10.2. The third kappa shape index (κ3) is 4.22. The second-order valence-corrected chi connectivity index (χ2v) is 8.97. The number of carbonyl (C=O) groups excluding carboxylic acids is 1. The van der Waals surface area contributed by atoms with Gasteiger partial charge in [-0.05, 0) is 55.5 Å². The van der Waals surface area contributed by atoms with E-state index in [0.717, 1.165) is 43.8 Å². The molecule has 1 aliphatic rings. The van der Waals surface area contributed by atoms with Crippen molar-refractivity contribution in [3.8, 4) is 0 Å². The van der Waals surface area contributed by atoms with Gasteiger partial charge in [0.05, 0.1) is 17.9 Å². The molecule has 2 heterocycles. The Bertz CT molecular complexity index is 1360. The van der Waals surface area contributed by atoms with E-state index in [9.17, 15) is 4.79 Å². The Kier molecular flexibility index (Phi) is 5.60. The van der Waals surface area contributed by atoms with Crippen LogP contribution in [0.15, 0.2) is 98.1 Å². The number of rotatable bonds is 4. The molecule has 0 bridgehead atoms. The molecular weight excluding hydrogens is 440 g/mol. The summed E-state index contributed by atoms with van der Waals surface area (Å²) in [5.74, 6) is 1.37. The lowest BCUT2D eigenvalue weighted by molar-refractivity contribution is 0.0948. The summed E-state index contributed by atoms with van der Waals surface area (Å²) in [5, 5.41) is 3.57. The Hall–Kier alpha value is -3.28. The molecule has 158 valence electrons. The van der Waals surface area contributed by atoms with Crippen LogP contribution in [-0.4, -0.2) is 11.6 Å². The lowest BCUT2D eigenvalue weighted by Gasteiger charge is -2.09. The summed E-state index contributed by atoms with van der Waals surface area (Å²) in [6, 6.07) is 25.2. The number of hydrogen-bond donors (Lipinski definition) is 1. The van der Waals surface area contributed by atoms with Crippen LogP contribution >= 0.6 is 23.4 Å². The lowest BCUT2D eigenvalue weighted by atomic mass is 10.0. The van der Waals surface area contributed by atoms with Gasteiger partial charge in [0.1, 0.15) is 11.5 Å². The highest BCUT2D eigenvalue weighted by atomic mass is 35.5. The van der Waals surface area contributed by atoms with Gasteiger partial charge in [-0.3, -0.25) is 4.79 Å². The van der Waals surface area contributed by atoms with E-state index in [1.807, 2.05) is 73.7 Å². The molecule has 0 saturated heterocycles. The van der Waals surface area contributed by atoms with Crippen LogP contribution in [0.5, 0.6) is 0 Å². The van der Waals surface area contributed by atoms with Gasteiger partial charge in [-0.25, -0.2) is 4.99 Å². The summed E-state index contributed by atoms with van der Waals surface area (Å²) < 4.78 is 5.53. The Morgan fingerprint density at radius 1 is 1.00 bits per heavy atom. The number of nitrogens with zero attached hydrogens (tertiary/aromatic N) is 1. The summed E-state index contributed by atoms with van der Waals surface area (Å²) in [6.45, 7) is 2.21. The van der Waals surface area contributed by atoms with E-state index in [1.54, 1.807) is 11.8 Å². The van der Waals surface area contributed by atoms with Gasteiger partial charge in [-0.1, -0.05) is 53.7 Å². The Morgan fingerprint density at radius 3 is 2.69 bits per heavy atom. The van der Waals surface area contributed by atoms with Gasteiger partial charge in [0, 0.05) is 31.5 Å². The maximum absolute atomic E-state index is 12.8. The fraction of sp³-hybridized carbons (Fsp3) is 0.0769. The monoisotopic (exact) mass is 458 g/mol. The van der Waals surface area contributed by atoms with E-state index in [-0.39, 0.29) is 5.91 Å². The van der Waals surface area contributed by atoms with Crippen LogP contribution < -0.4 is 5.32 Å². The van der Waals surface area contributed by atoms with E-state index in [4.69, 9.17) is 21.0 Å². The molecule has 32 heavy (non-hydrogen) atoms. The van der Waals surface area contributed by atoms with Gasteiger partial charge in [0.2, 0.25) is 0 Å². The van der Waals surface area contributed by atoms with Crippen LogP contribution in [0.4, 0.5) is 5.69 Å². The molecule has 0 saturated carbocycles. The van der Waals surface area contributed by atoms with Crippen molar-refractivity contribution in [2.24, 2.45) is 4.99 Å². The average molecular weight is 459 g/mol. The first-order valence-corrected chi connectivity index (χ1v) is 11.4.